The molecule has 0 aliphatic rings. The maximum absolute atomic E-state index is 12.0. The summed E-state index contributed by atoms with van der Waals surface area (Å²) in [5.41, 5.74) is 3.87. The van der Waals surface area contributed by atoms with E-state index >= 15 is 0 Å². The maximum Gasteiger partial charge on any atom is 0.255 e. The number of nitrogens with one attached hydrogen (secondary N) is 1. The lowest BCUT2D eigenvalue weighted by molar-refractivity contribution is 0.102. The van der Waals surface area contributed by atoms with Gasteiger partial charge in [0.15, 0.2) is 0 Å². The van der Waals surface area contributed by atoms with Crippen molar-refractivity contribution in [1.82, 2.24) is 0 Å². The highest BCUT2D eigenvalue weighted by atomic mass is 127. The second-order valence-corrected chi connectivity index (χ2v) is 5.45. The molecule has 0 radical (unpaired) electrons. The molecule has 2 aromatic rings. The summed E-state index contributed by atoms with van der Waals surface area (Å²) in [4.78, 5) is 12.0. The van der Waals surface area contributed by atoms with E-state index in [1.165, 1.54) is 11.1 Å². The van der Waals surface area contributed by atoms with Crippen LogP contribution < -0.4 is 5.32 Å². The fourth-order valence-corrected chi connectivity index (χ4v) is 2.09. The van der Waals surface area contributed by atoms with Gasteiger partial charge in [-0.15, -0.1) is 0 Å². The lowest BCUT2D eigenvalue weighted by Gasteiger charge is -2.07. The summed E-state index contributed by atoms with van der Waals surface area (Å²) in [7, 11) is 0. The number of aryl methyl sites for hydroxylation is 2. The number of hydrogen-bond donors (Lipinski definition) is 1. The molecule has 0 fully saturated rings. The first-order valence-electron chi connectivity index (χ1n) is 5.70. The van der Waals surface area contributed by atoms with Gasteiger partial charge in [0.05, 0.1) is 0 Å². The van der Waals surface area contributed by atoms with Crippen molar-refractivity contribution in [1.29, 1.82) is 0 Å². The third-order valence-electron chi connectivity index (χ3n) is 2.74. The van der Waals surface area contributed by atoms with Gasteiger partial charge in [-0.2, -0.15) is 0 Å². The fourth-order valence-electron chi connectivity index (χ4n) is 1.57. The molecule has 0 unspecified atom stereocenters. The molecule has 2 nitrogen and oxygen atoms in total. The molecule has 0 aliphatic carbocycles. The zero-order valence-corrected chi connectivity index (χ0v) is 12.5. The summed E-state index contributed by atoms with van der Waals surface area (Å²) in [6.45, 7) is 4.05. The third kappa shape index (κ3) is 3.10. The van der Waals surface area contributed by atoms with Crippen molar-refractivity contribution in [3.05, 3.63) is 62.7 Å². The first-order valence-corrected chi connectivity index (χ1v) is 6.78. The molecule has 0 saturated heterocycles. The highest BCUT2D eigenvalue weighted by molar-refractivity contribution is 14.1. The topological polar surface area (TPSA) is 29.1 Å². The van der Waals surface area contributed by atoms with Gasteiger partial charge in [-0.05, 0) is 66.3 Å². The number of rotatable bonds is 2. The monoisotopic (exact) mass is 351 g/mol. The summed E-state index contributed by atoms with van der Waals surface area (Å²) in [6, 6.07) is 13.5. The second kappa shape index (κ2) is 5.52. The van der Waals surface area contributed by atoms with E-state index in [0.717, 1.165) is 9.26 Å². The van der Waals surface area contributed by atoms with Gasteiger partial charge in [0.1, 0.15) is 0 Å². The van der Waals surface area contributed by atoms with Gasteiger partial charge in [-0.1, -0.05) is 23.8 Å². The summed E-state index contributed by atoms with van der Waals surface area (Å²) in [5, 5.41) is 2.89. The summed E-state index contributed by atoms with van der Waals surface area (Å²) >= 11 is 2.24. The molecule has 2 aromatic carbocycles. The van der Waals surface area contributed by atoms with Crippen LogP contribution in [-0.2, 0) is 0 Å². The average Bonchev–Trinajstić information content (AvgIpc) is 2.35. The molecule has 0 saturated carbocycles. The van der Waals surface area contributed by atoms with E-state index < -0.39 is 0 Å². The van der Waals surface area contributed by atoms with Gasteiger partial charge in [0.2, 0.25) is 0 Å². The maximum atomic E-state index is 12.0. The molecular formula is C15H14INO. The zero-order chi connectivity index (χ0) is 13.1. The van der Waals surface area contributed by atoms with Crippen molar-refractivity contribution >= 4 is 34.2 Å². The Kier molecular flexibility index (Phi) is 4.01. The van der Waals surface area contributed by atoms with Gasteiger partial charge in [0.25, 0.3) is 5.91 Å². The highest BCUT2D eigenvalue weighted by Crippen LogP contribution is 2.15. The number of carbonyl (C=O) groups is 1. The molecular weight excluding hydrogens is 337 g/mol. The van der Waals surface area contributed by atoms with Crippen molar-refractivity contribution in [2.45, 2.75) is 13.8 Å². The van der Waals surface area contributed by atoms with Crippen molar-refractivity contribution in [3.63, 3.8) is 0 Å². The first-order chi connectivity index (χ1) is 8.56. The van der Waals surface area contributed by atoms with Crippen LogP contribution in [0, 0.1) is 17.4 Å². The molecule has 18 heavy (non-hydrogen) atoms. The van der Waals surface area contributed by atoms with Crippen LogP contribution in [0.15, 0.2) is 42.5 Å². The molecule has 1 N–H and O–H groups in total. The highest BCUT2D eigenvalue weighted by Gasteiger charge is 2.07. The zero-order valence-electron chi connectivity index (χ0n) is 10.3. The number of halogens is 1. The van der Waals surface area contributed by atoms with Crippen LogP contribution >= 0.6 is 22.6 Å². The molecule has 0 bridgehead atoms. The molecule has 0 aromatic heterocycles. The molecule has 3 heteroatoms. The van der Waals surface area contributed by atoms with Gasteiger partial charge in [-0.25, -0.2) is 0 Å². The van der Waals surface area contributed by atoms with Crippen LogP contribution in [0.3, 0.4) is 0 Å². The van der Waals surface area contributed by atoms with E-state index in [-0.39, 0.29) is 5.91 Å². The van der Waals surface area contributed by atoms with Crippen molar-refractivity contribution in [2.24, 2.45) is 0 Å². The van der Waals surface area contributed by atoms with Crippen molar-refractivity contribution in [3.8, 4) is 0 Å². The summed E-state index contributed by atoms with van der Waals surface area (Å²) in [5.74, 6) is -0.0724. The largest absolute Gasteiger partial charge is 0.322 e. The van der Waals surface area contributed by atoms with Crippen LogP contribution in [0.2, 0.25) is 0 Å². The van der Waals surface area contributed by atoms with Gasteiger partial charge in [0, 0.05) is 14.8 Å². The first kappa shape index (κ1) is 13.1. The number of benzene rings is 2. The number of hydrogen-bond acceptors (Lipinski definition) is 1. The summed E-state index contributed by atoms with van der Waals surface area (Å²) in [6.07, 6.45) is 0. The molecule has 1 amide bonds. The van der Waals surface area contributed by atoms with Gasteiger partial charge < -0.3 is 5.32 Å². The second-order valence-electron chi connectivity index (χ2n) is 4.28. The minimum Gasteiger partial charge on any atom is -0.322 e. The van der Waals surface area contributed by atoms with Crippen LogP contribution in [-0.4, -0.2) is 5.91 Å². The van der Waals surface area contributed by atoms with Gasteiger partial charge in [-0.3, -0.25) is 4.79 Å². The van der Waals surface area contributed by atoms with Crippen LogP contribution in [0.4, 0.5) is 5.69 Å². The van der Waals surface area contributed by atoms with Crippen LogP contribution in [0.1, 0.15) is 21.5 Å². The Morgan fingerprint density at radius 1 is 1.06 bits per heavy atom. The SMILES string of the molecule is Cc1ccc(NC(=O)c2ccc(C)c(I)c2)cc1. The smallest absolute Gasteiger partial charge is 0.255 e. The predicted molar refractivity (Wildman–Crippen MR) is 83.0 cm³/mol. The Morgan fingerprint density at radius 3 is 2.33 bits per heavy atom. The standard InChI is InChI=1S/C15H14INO/c1-10-3-7-13(8-4-10)17-15(18)12-6-5-11(2)14(16)9-12/h3-9H,1-2H3,(H,17,18). The van der Waals surface area contributed by atoms with E-state index in [9.17, 15) is 4.79 Å². The molecule has 0 atom stereocenters. The van der Waals surface area contributed by atoms with Crippen LogP contribution in [0.5, 0.6) is 0 Å². The van der Waals surface area contributed by atoms with E-state index in [2.05, 4.69) is 27.9 Å². The normalized spacial score (nSPS) is 10.2. The van der Waals surface area contributed by atoms with Crippen LogP contribution in [0.25, 0.3) is 0 Å². The summed E-state index contributed by atoms with van der Waals surface area (Å²) < 4.78 is 1.10. The molecule has 2 rings (SSSR count). The quantitative estimate of drug-likeness (QED) is 0.809. The lowest BCUT2D eigenvalue weighted by Crippen LogP contribution is -2.12. The minimum absolute atomic E-state index is 0.0724. The van der Waals surface area contributed by atoms with E-state index in [0.29, 0.717) is 5.56 Å². The molecule has 0 spiro atoms. The van der Waals surface area contributed by atoms with Gasteiger partial charge >= 0.3 is 0 Å². The Bertz CT molecular complexity index is 576. The Hall–Kier alpha value is -1.36. The number of anilines is 1. The Labute approximate surface area is 121 Å². The number of carbonyl (C=O) groups excluding carboxylic acids is 1. The average molecular weight is 351 g/mol. The van der Waals surface area contributed by atoms with E-state index in [4.69, 9.17) is 0 Å². The lowest BCUT2D eigenvalue weighted by atomic mass is 10.1. The fraction of sp³-hybridized carbons (Fsp3) is 0.133. The molecule has 92 valence electrons. The van der Waals surface area contributed by atoms with Crippen molar-refractivity contribution in [2.75, 3.05) is 5.32 Å². The Morgan fingerprint density at radius 2 is 1.72 bits per heavy atom. The minimum atomic E-state index is -0.0724. The third-order valence-corrected chi connectivity index (χ3v) is 3.91. The Balaban J connectivity index is 2.16. The molecule has 0 heterocycles. The van der Waals surface area contributed by atoms with E-state index in [1.807, 2.05) is 56.3 Å². The predicted octanol–water partition coefficient (Wildman–Crippen LogP) is 4.16. The van der Waals surface area contributed by atoms with E-state index in [1.54, 1.807) is 0 Å². The molecule has 0 aliphatic heterocycles. The number of amides is 1. The van der Waals surface area contributed by atoms with Crippen molar-refractivity contribution < 1.29 is 4.79 Å².